The lowest BCUT2D eigenvalue weighted by Gasteiger charge is -2.12. The average molecular weight is 238 g/mol. The minimum absolute atomic E-state index is 0.0787. The first-order chi connectivity index (χ1) is 7.54. The van der Waals surface area contributed by atoms with Crippen molar-refractivity contribution in [3.05, 3.63) is 23.8 Å². The van der Waals surface area contributed by atoms with E-state index >= 15 is 0 Å². The van der Waals surface area contributed by atoms with E-state index in [1.54, 1.807) is 7.11 Å². The molecule has 0 aliphatic rings. The second-order valence-electron chi connectivity index (χ2n) is 3.12. The molecule has 1 rings (SSSR count). The van der Waals surface area contributed by atoms with Crippen LogP contribution in [0.1, 0.15) is 5.56 Å². The Bertz CT molecular complexity index is 427. The van der Waals surface area contributed by atoms with E-state index in [9.17, 15) is 0 Å². The molecule has 0 atom stereocenters. The fraction of sp³-hybridized carbons (Fsp3) is 0.200. The second kappa shape index (κ2) is 5.32. The van der Waals surface area contributed by atoms with Crippen molar-refractivity contribution in [2.45, 2.75) is 6.92 Å². The van der Waals surface area contributed by atoms with Gasteiger partial charge in [0.25, 0.3) is 0 Å². The number of guanidine groups is 1. The van der Waals surface area contributed by atoms with Gasteiger partial charge in [-0.15, -0.1) is 0 Å². The van der Waals surface area contributed by atoms with Crippen LogP contribution in [0.4, 0.5) is 5.69 Å². The molecule has 0 spiro atoms. The van der Waals surface area contributed by atoms with Gasteiger partial charge in [0.15, 0.2) is 5.96 Å². The molecule has 0 heterocycles. The van der Waals surface area contributed by atoms with Gasteiger partial charge in [-0.05, 0) is 30.8 Å². The van der Waals surface area contributed by atoms with Crippen LogP contribution in [0.2, 0.25) is 0 Å². The normalized spacial score (nSPS) is 9.38. The molecule has 5 nitrogen and oxygen atoms in total. The topological polar surface area (TPSA) is 85.7 Å². The number of nitrogens with two attached hydrogens (primary N) is 2. The molecule has 0 saturated carbocycles. The highest BCUT2D eigenvalue weighted by molar-refractivity contribution is 7.80. The van der Waals surface area contributed by atoms with Crippen molar-refractivity contribution in [2.24, 2.45) is 16.5 Å². The predicted octanol–water partition coefficient (Wildman–Crippen LogP) is 0.974. The van der Waals surface area contributed by atoms with Gasteiger partial charge in [-0.3, -0.25) is 0 Å². The number of hydrogen-bond donors (Lipinski definition) is 3. The van der Waals surface area contributed by atoms with Crippen LogP contribution in [-0.2, 0) is 0 Å². The summed E-state index contributed by atoms with van der Waals surface area (Å²) < 4.78 is 5.20. The lowest BCUT2D eigenvalue weighted by molar-refractivity contribution is 0.416. The van der Waals surface area contributed by atoms with Gasteiger partial charge in [0, 0.05) is 0 Å². The van der Waals surface area contributed by atoms with Gasteiger partial charge in [0.05, 0.1) is 12.8 Å². The lowest BCUT2D eigenvalue weighted by atomic mass is 10.2. The molecule has 0 aliphatic carbocycles. The third-order valence-corrected chi connectivity index (χ3v) is 2.11. The first-order valence-corrected chi connectivity index (χ1v) is 4.99. The summed E-state index contributed by atoms with van der Waals surface area (Å²) in [6, 6.07) is 5.65. The van der Waals surface area contributed by atoms with Gasteiger partial charge in [0.1, 0.15) is 5.75 Å². The number of rotatable bonds is 2. The Hall–Kier alpha value is -1.82. The molecule has 0 radical (unpaired) electrons. The summed E-state index contributed by atoms with van der Waals surface area (Å²) in [5.74, 6) is 0.609. The van der Waals surface area contributed by atoms with Crippen LogP contribution in [-0.4, -0.2) is 18.2 Å². The Labute approximate surface area is 99.5 Å². The zero-order valence-corrected chi connectivity index (χ0v) is 9.97. The summed E-state index contributed by atoms with van der Waals surface area (Å²) in [6.45, 7) is 1.93. The highest BCUT2D eigenvalue weighted by Crippen LogP contribution is 2.27. The number of nitrogens with zero attached hydrogens (tertiary/aromatic N) is 1. The lowest BCUT2D eigenvalue weighted by Crippen LogP contribution is -2.25. The molecule has 16 heavy (non-hydrogen) atoms. The number of anilines is 1. The van der Waals surface area contributed by atoms with Crippen molar-refractivity contribution in [1.82, 2.24) is 0 Å². The second-order valence-corrected chi connectivity index (χ2v) is 3.51. The van der Waals surface area contributed by atoms with Gasteiger partial charge in [0.2, 0.25) is 5.11 Å². The number of aryl methyl sites for hydroxylation is 1. The van der Waals surface area contributed by atoms with E-state index in [-0.39, 0.29) is 11.1 Å². The minimum Gasteiger partial charge on any atom is -0.495 e. The molecule has 86 valence electrons. The Balaban J connectivity index is 2.96. The van der Waals surface area contributed by atoms with Crippen LogP contribution in [0, 0.1) is 6.92 Å². The highest BCUT2D eigenvalue weighted by Gasteiger charge is 2.06. The van der Waals surface area contributed by atoms with Gasteiger partial charge in [-0.2, -0.15) is 4.99 Å². The number of nitrogens with one attached hydrogen (secondary N) is 1. The van der Waals surface area contributed by atoms with Crippen LogP contribution in [0.3, 0.4) is 0 Å². The number of para-hydroxylation sites is 1. The largest absolute Gasteiger partial charge is 0.495 e. The Morgan fingerprint density at radius 1 is 1.44 bits per heavy atom. The third-order valence-electron chi connectivity index (χ3n) is 1.92. The molecule has 0 amide bonds. The van der Waals surface area contributed by atoms with Crippen molar-refractivity contribution in [3.63, 3.8) is 0 Å². The maximum absolute atomic E-state index is 5.22. The molecule has 0 unspecified atom stereocenters. The van der Waals surface area contributed by atoms with Crippen molar-refractivity contribution < 1.29 is 4.74 Å². The monoisotopic (exact) mass is 238 g/mol. The summed E-state index contributed by atoms with van der Waals surface area (Å²) in [5, 5.41) is 3.12. The minimum atomic E-state index is -0.0787. The van der Waals surface area contributed by atoms with Crippen LogP contribution in [0.15, 0.2) is 23.2 Å². The maximum atomic E-state index is 5.22. The Morgan fingerprint density at radius 3 is 2.69 bits per heavy atom. The smallest absolute Gasteiger partial charge is 0.200 e. The van der Waals surface area contributed by atoms with E-state index in [2.05, 4.69) is 10.3 Å². The molecule has 1 aromatic carbocycles. The van der Waals surface area contributed by atoms with Gasteiger partial charge < -0.3 is 21.5 Å². The highest BCUT2D eigenvalue weighted by atomic mass is 32.1. The summed E-state index contributed by atoms with van der Waals surface area (Å²) in [6.07, 6.45) is 0. The summed E-state index contributed by atoms with van der Waals surface area (Å²) in [7, 11) is 1.59. The molecular weight excluding hydrogens is 224 g/mol. The molecule has 6 heteroatoms. The number of aliphatic imine (C=N–C) groups is 1. The maximum Gasteiger partial charge on any atom is 0.200 e. The molecular formula is C10H14N4OS. The fourth-order valence-corrected chi connectivity index (χ4v) is 1.43. The molecule has 5 N–H and O–H groups in total. The molecule has 0 saturated heterocycles. The van der Waals surface area contributed by atoms with E-state index < -0.39 is 0 Å². The van der Waals surface area contributed by atoms with E-state index in [4.69, 9.17) is 28.4 Å². The Kier molecular flexibility index (Phi) is 4.07. The zero-order valence-electron chi connectivity index (χ0n) is 9.15. The van der Waals surface area contributed by atoms with Gasteiger partial charge in [-0.1, -0.05) is 12.1 Å². The van der Waals surface area contributed by atoms with E-state index in [1.807, 2.05) is 25.1 Å². The first kappa shape index (κ1) is 12.3. The van der Waals surface area contributed by atoms with Crippen molar-refractivity contribution in [1.29, 1.82) is 0 Å². The number of hydrogen-bond acceptors (Lipinski definition) is 2. The number of methoxy groups -OCH3 is 1. The standard InChI is InChI=1S/C10H14N4OS/c1-6-4-3-5-7(15-2)8(6)13-10(16)14-9(11)12/h3-5H,1-2H3,(H5,11,12,13,14,16). The van der Waals surface area contributed by atoms with Crippen molar-refractivity contribution >= 4 is 29.0 Å². The van der Waals surface area contributed by atoms with Crippen LogP contribution in [0.5, 0.6) is 5.75 Å². The molecule has 0 fully saturated rings. The molecule has 0 aliphatic heterocycles. The Morgan fingerprint density at radius 2 is 2.12 bits per heavy atom. The predicted molar refractivity (Wildman–Crippen MR) is 69.8 cm³/mol. The summed E-state index contributed by atoms with van der Waals surface area (Å²) >= 11 is 4.97. The zero-order chi connectivity index (χ0) is 12.1. The molecule has 0 aromatic heterocycles. The molecule has 1 aromatic rings. The fourth-order valence-electron chi connectivity index (χ4n) is 1.22. The number of thiocarbonyl (C=S) groups is 1. The number of ether oxygens (including phenoxy) is 1. The van der Waals surface area contributed by atoms with Crippen molar-refractivity contribution in [2.75, 3.05) is 12.4 Å². The summed E-state index contributed by atoms with van der Waals surface area (Å²) in [5.41, 5.74) is 12.2. The van der Waals surface area contributed by atoms with Crippen molar-refractivity contribution in [3.8, 4) is 5.75 Å². The summed E-state index contributed by atoms with van der Waals surface area (Å²) in [4.78, 5) is 3.73. The van der Waals surface area contributed by atoms with Crippen LogP contribution < -0.4 is 21.5 Å². The van der Waals surface area contributed by atoms with E-state index in [1.165, 1.54) is 0 Å². The number of benzene rings is 1. The van der Waals surface area contributed by atoms with Gasteiger partial charge in [-0.25, -0.2) is 0 Å². The average Bonchev–Trinajstić information content (AvgIpc) is 2.20. The SMILES string of the molecule is COc1cccc(C)c1NC(=S)N=C(N)N. The first-order valence-electron chi connectivity index (χ1n) is 4.59. The quantitative estimate of drug-likeness (QED) is 0.406. The third kappa shape index (κ3) is 3.09. The van der Waals surface area contributed by atoms with E-state index in [0.29, 0.717) is 5.75 Å². The molecule has 0 bridgehead atoms. The van der Waals surface area contributed by atoms with Crippen LogP contribution in [0.25, 0.3) is 0 Å². The van der Waals surface area contributed by atoms with Gasteiger partial charge >= 0.3 is 0 Å². The van der Waals surface area contributed by atoms with E-state index in [0.717, 1.165) is 11.3 Å². The van der Waals surface area contributed by atoms with Crippen LogP contribution >= 0.6 is 12.2 Å².